The molecule has 5 rings (SSSR count). The summed E-state index contributed by atoms with van der Waals surface area (Å²) < 4.78 is 8.15. The van der Waals surface area contributed by atoms with Gasteiger partial charge in [0.15, 0.2) is 11.3 Å². The molecule has 0 saturated heterocycles. The third-order valence-corrected chi connectivity index (χ3v) is 4.74. The van der Waals surface area contributed by atoms with E-state index >= 15 is 0 Å². The van der Waals surface area contributed by atoms with Gasteiger partial charge in [-0.05, 0) is 24.3 Å². The first kappa shape index (κ1) is 18.1. The molecule has 0 aliphatic heterocycles. The molecule has 0 aliphatic rings. The lowest BCUT2D eigenvalue weighted by atomic mass is 10.3. The maximum absolute atomic E-state index is 13.2. The Balaban J connectivity index is 1.82. The van der Waals surface area contributed by atoms with Gasteiger partial charge in [0, 0.05) is 13.3 Å². The SMILES string of the molecule is COCCn1cnc2c(c1=O)c1nc3ccccc3nc1n2/N=C\c1ccccn1. The van der Waals surface area contributed by atoms with E-state index in [-0.39, 0.29) is 5.56 Å². The number of aromatic nitrogens is 6. The van der Waals surface area contributed by atoms with E-state index in [1.807, 2.05) is 42.5 Å². The third kappa shape index (κ3) is 3.01. The number of pyridine rings is 1. The van der Waals surface area contributed by atoms with E-state index in [1.54, 1.807) is 24.2 Å². The number of hydrogen-bond donors (Lipinski definition) is 0. The van der Waals surface area contributed by atoms with Gasteiger partial charge in [0.2, 0.25) is 0 Å². The molecule has 0 unspecified atom stereocenters. The van der Waals surface area contributed by atoms with Crippen LogP contribution in [0.4, 0.5) is 0 Å². The van der Waals surface area contributed by atoms with Crippen LogP contribution in [-0.4, -0.2) is 49.1 Å². The van der Waals surface area contributed by atoms with Crippen LogP contribution in [0.1, 0.15) is 5.69 Å². The maximum atomic E-state index is 13.2. The molecule has 5 aromatic rings. The highest BCUT2D eigenvalue weighted by molar-refractivity contribution is 6.04. The van der Waals surface area contributed by atoms with Gasteiger partial charge in [-0.3, -0.25) is 14.3 Å². The molecule has 0 radical (unpaired) electrons. The van der Waals surface area contributed by atoms with E-state index in [0.29, 0.717) is 52.1 Å². The average molecular weight is 399 g/mol. The molecule has 0 atom stereocenters. The summed E-state index contributed by atoms with van der Waals surface area (Å²) in [5.74, 6) is 0. The Hall–Kier alpha value is -3.98. The van der Waals surface area contributed by atoms with E-state index in [0.717, 1.165) is 0 Å². The number of rotatable bonds is 5. The van der Waals surface area contributed by atoms with Crippen molar-refractivity contribution in [3.05, 3.63) is 71.0 Å². The van der Waals surface area contributed by atoms with Gasteiger partial charge < -0.3 is 4.74 Å². The lowest BCUT2D eigenvalue weighted by molar-refractivity contribution is 0.186. The summed E-state index contributed by atoms with van der Waals surface area (Å²) in [6, 6.07) is 13.1. The Morgan fingerprint density at radius 1 is 1.03 bits per heavy atom. The van der Waals surface area contributed by atoms with Crippen LogP contribution in [0.15, 0.2) is 64.9 Å². The number of nitrogens with zero attached hydrogens (tertiary/aromatic N) is 7. The monoisotopic (exact) mass is 399 g/mol. The smallest absolute Gasteiger partial charge is 0.265 e. The van der Waals surface area contributed by atoms with Crippen LogP contribution in [0, 0.1) is 0 Å². The largest absolute Gasteiger partial charge is 0.383 e. The number of para-hydroxylation sites is 2. The van der Waals surface area contributed by atoms with Gasteiger partial charge in [-0.15, -0.1) is 0 Å². The van der Waals surface area contributed by atoms with Gasteiger partial charge in [0.1, 0.15) is 17.2 Å². The molecule has 1 aromatic carbocycles. The first-order valence-corrected chi connectivity index (χ1v) is 9.37. The molecule has 0 aliphatic carbocycles. The Kier molecular flexibility index (Phi) is 4.49. The summed E-state index contributed by atoms with van der Waals surface area (Å²) >= 11 is 0. The zero-order valence-electron chi connectivity index (χ0n) is 16.1. The summed E-state index contributed by atoms with van der Waals surface area (Å²) in [6.07, 6.45) is 4.79. The second kappa shape index (κ2) is 7.45. The minimum absolute atomic E-state index is 0.210. The highest BCUT2D eigenvalue weighted by Gasteiger charge is 2.19. The van der Waals surface area contributed by atoms with E-state index in [1.165, 1.54) is 10.9 Å². The Morgan fingerprint density at radius 2 is 1.83 bits per heavy atom. The fourth-order valence-corrected chi connectivity index (χ4v) is 3.28. The van der Waals surface area contributed by atoms with Crippen molar-refractivity contribution in [2.24, 2.45) is 5.10 Å². The van der Waals surface area contributed by atoms with Crippen LogP contribution in [0.25, 0.3) is 33.2 Å². The highest BCUT2D eigenvalue weighted by atomic mass is 16.5. The molecular weight excluding hydrogens is 382 g/mol. The number of hydrogen-bond acceptors (Lipinski definition) is 7. The van der Waals surface area contributed by atoms with Gasteiger partial charge in [0.25, 0.3) is 5.56 Å². The third-order valence-electron chi connectivity index (χ3n) is 4.74. The molecule has 148 valence electrons. The van der Waals surface area contributed by atoms with E-state index in [2.05, 4.69) is 15.1 Å². The molecule has 0 spiro atoms. The molecule has 0 saturated carbocycles. The van der Waals surface area contributed by atoms with Crippen molar-refractivity contribution >= 4 is 39.4 Å². The fraction of sp³-hybridized carbons (Fsp3) is 0.143. The molecular formula is C21H17N7O2. The minimum atomic E-state index is -0.210. The van der Waals surface area contributed by atoms with Crippen LogP contribution in [-0.2, 0) is 11.3 Å². The van der Waals surface area contributed by atoms with Gasteiger partial charge >= 0.3 is 0 Å². The quantitative estimate of drug-likeness (QED) is 0.420. The second-order valence-corrected chi connectivity index (χ2v) is 6.63. The molecule has 0 bridgehead atoms. The van der Waals surface area contributed by atoms with Gasteiger partial charge in [-0.2, -0.15) is 9.78 Å². The van der Waals surface area contributed by atoms with Gasteiger partial charge in [-0.25, -0.2) is 15.0 Å². The zero-order valence-corrected chi connectivity index (χ0v) is 16.1. The first-order valence-electron chi connectivity index (χ1n) is 9.37. The summed E-state index contributed by atoms with van der Waals surface area (Å²) in [6.45, 7) is 0.793. The van der Waals surface area contributed by atoms with Crippen LogP contribution < -0.4 is 5.56 Å². The molecule has 9 nitrogen and oxygen atoms in total. The number of ether oxygens (including phenoxy) is 1. The summed E-state index contributed by atoms with van der Waals surface area (Å²) in [7, 11) is 1.59. The normalized spacial score (nSPS) is 11.9. The van der Waals surface area contributed by atoms with Crippen LogP contribution in [0.2, 0.25) is 0 Å². The molecule has 0 fully saturated rings. The van der Waals surface area contributed by atoms with Gasteiger partial charge in [0.05, 0.1) is 36.1 Å². The Morgan fingerprint density at radius 3 is 2.60 bits per heavy atom. The van der Waals surface area contributed by atoms with Crippen molar-refractivity contribution in [3.63, 3.8) is 0 Å². The first-order chi connectivity index (χ1) is 14.8. The van der Waals surface area contributed by atoms with Crippen molar-refractivity contribution in [1.82, 2.24) is 29.2 Å². The van der Waals surface area contributed by atoms with E-state index < -0.39 is 0 Å². The molecule has 30 heavy (non-hydrogen) atoms. The van der Waals surface area contributed by atoms with Crippen molar-refractivity contribution < 1.29 is 4.74 Å². The minimum Gasteiger partial charge on any atom is -0.383 e. The second-order valence-electron chi connectivity index (χ2n) is 6.63. The summed E-state index contributed by atoms with van der Waals surface area (Å²) in [5.41, 5.74) is 3.20. The number of benzene rings is 1. The Labute approximate surface area is 170 Å². The molecule has 4 aromatic heterocycles. The summed E-state index contributed by atoms with van der Waals surface area (Å²) in [4.78, 5) is 31.4. The fourth-order valence-electron chi connectivity index (χ4n) is 3.28. The molecule has 9 heteroatoms. The number of methoxy groups -OCH3 is 1. The standard InChI is InChI=1S/C21H17N7O2/c1-30-11-10-27-13-23-19-17(21(27)29)18-20(26-16-8-3-2-7-15(16)25-18)28(19)24-12-14-6-4-5-9-22-14/h2-9,12-13H,10-11H2,1H3/b24-12-. The predicted molar refractivity (Wildman–Crippen MR) is 114 cm³/mol. The lowest BCUT2D eigenvalue weighted by Gasteiger charge is -2.04. The zero-order chi connectivity index (χ0) is 20.5. The van der Waals surface area contributed by atoms with Gasteiger partial charge in [-0.1, -0.05) is 18.2 Å². The Bertz CT molecular complexity index is 1460. The molecule has 4 heterocycles. The molecule has 0 N–H and O–H groups in total. The van der Waals surface area contributed by atoms with Crippen molar-refractivity contribution in [3.8, 4) is 0 Å². The van der Waals surface area contributed by atoms with Crippen LogP contribution in [0.5, 0.6) is 0 Å². The molecule has 0 amide bonds. The number of fused-ring (bicyclic) bond motifs is 4. The average Bonchev–Trinajstić information content (AvgIpc) is 3.09. The van der Waals surface area contributed by atoms with E-state index in [4.69, 9.17) is 14.7 Å². The maximum Gasteiger partial charge on any atom is 0.265 e. The van der Waals surface area contributed by atoms with Crippen LogP contribution >= 0.6 is 0 Å². The highest BCUT2D eigenvalue weighted by Crippen LogP contribution is 2.24. The van der Waals surface area contributed by atoms with Crippen LogP contribution in [0.3, 0.4) is 0 Å². The van der Waals surface area contributed by atoms with Crippen molar-refractivity contribution in [2.75, 3.05) is 13.7 Å². The van der Waals surface area contributed by atoms with Crippen molar-refractivity contribution in [1.29, 1.82) is 0 Å². The summed E-state index contributed by atoms with van der Waals surface area (Å²) in [5, 5.41) is 4.90. The predicted octanol–water partition coefficient (Wildman–Crippen LogP) is 2.22. The van der Waals surface area contributed by atoms with Crippen molar-refractivity contribution in [2.45, 2.75) is 6.54 Å². The topological polar surface area (TPSA) is 100 Å². The lowest BCUT2D eigenvalue weighted by Crippen LogP contribution is -2.22. The van der Waals surface area contributed by atoms with E-state index in [9.17, 15) is 4.79 Å².